The highest BCUT2D eigenvalue weighted by molar-refractivity contribution is 5.97. The van der Waals surface area contributed by atoms with E-state index in [0.717, 1.165) is 25.1 Å². The van der Waals surface area contributed by atoms with Crippen LogP contribution >= 0.6 is 0 Å². The van der Waals surface area contributed by atoms with Crippen molar-refractivity contribution in [2.45, 2.75) is 32.2 Å². The summed E-state index contributed by atoms with van der Waals surface area (Å²) in [7, 11) is 0. The molecule has 1 saturated heterocycles. The molecule has 0 spiro atoms. The van der Waals surface area contributed by atoms with E-state index in [2.05, 4.69) is 0 Å². The van der Waals surface area contributed by atoms with E-state index >= 15 is 0 Å². The van der Waals surface area contributed by atoms with Gasteiger partial charge in [0.1, 0.15) is 5.75 Å². The maximum Gasteiger partial charge on any atom is 0.257 e. The molecule has 1 aromatic rings. The SMILES string of the molecule is Cc1ccc(O)c(C(=O)N2CC3CCCC(N)C3C2)c1. The van der Waals surface area contributed by atoms with Crippen molar-refractivity contribution in [2.75, 3.05) is 13.1 Å². The number of fused-ring (bicyclic) bond motifs is 1. The molecule has 0 radical (unpaired) electrons. The Hall–Kier alpha value is -1.55. The lowest BCUT2D eigenvalue weighted by Gasteiger charge is -2.29. The van der Waals surface area contributed by atoms with Gasteiger partial charge in [-0.25, -0.2) is 0 Å². The number of hydrogen-bond donors (Lipinski definition) is 2. The molecule has 2 fully saturated rings. The molecule has 2 aliphatic rings. The zero-order valence-corrected chi connectivity index (χ0v) is 11.9. The van der Waals surface area contributed by atoms with Gasteiger partial charge >= 0.3 is 0 Å². The summed E-state index contributed by atoms with van der Waals surface area (Å²) in [5.41, 5.74) is 7.59. The Morgan fingerprint density at radius 2 is 2.15 bits per heavy atom. The highest BCUT2D eigenvalue weighted by atomic mass is 16.3. The van der Waals surface area contributed by atoms with Crippen LogP contribution in [-0.2, 0) is 0 Å². The Morgan fingerprint density at radius 3 is 2.90 bits per heavy atom. The molecule has 1 amide bonds. The number of phenols is 1. The van der Waals surface area contributed by atoms with E-state index < -0.39 is 0 Å². The molecule has 1 aromatic carbocycles. The second kappa shape index (κ2) is 5.09. The first-order valence-electron chi connectivity index (χ1n) is 7.40. The number of aryl methyl sites for hydroxylation is 1. The quantitative estimate of drug-likeness (QED) is 0.822. The molecule has 1 saturated carbocycles. The van der Waals surface area contributed by atoms with E-state index in [1.54, 1.807) is 12.1 Å². The molecule has 0 aromatic heterocycles. The van der Waals surface area contributed by atoms with Crippen LogP contribution in [0.25, 0.3) is 0 Å². The molecule has 1 heterocycles. The molecule has 3 N–H and O–H groups in total. The lowest BCUT2D eigenvalue weighted by molar-refractivity contribution is 0.0780. The number of amides is 1. The molecule has 4 nitrogen and oxygen atoms in total. The van der Waals surface area contributed by atoms with Crippen LogP contribution in [0.15, 0.2) is 18.2 Å². The third-order valence-electron chi connectivity index (χ3n) is 4.82. The first-order valence-corrected chi connectivity index (χ1v) is 7.40. The highest BCUT2D eigenvalue weighted by Crippen LogP contribution is 2.36. The van der Waals surface area contributed by atoms with Crippen molar-refractivity contribution >= 4 is 5.91 Å². The van der Waals surface area contributed by atoms with Gasteiger partial charge in [0.25, 0.3) is 5.91 Å². The summed E-state index contributed by atoms with van der Waals surface area (Å²) >= 11 is 0. The van der Waals surface area contributed by atoms with Crippen molar-refractivity contribution in [3.63, 3.8) is 0 Å². The molecular formula is C16H22N2O2. The predicted octanol–water partition coefficient (Wildman–Crippen LogP) is 1.90. The van der Waals surface area contributed by atoms with E-state index in [-0.39, 0.29) is 17.7 Å². The molecule has 3 rings (SSSR count). The molecule has 3 atom stereocenters. The van der Waals surface area contributed by atoms with Crippen LogP contribution in [0, 0.1) is 18.8 Å². The normalized spacial score (nSPS) is 29.3. The van der Waals surface area contributed by atoms with Gasteiger partial charge in [0, 0.05) is 19.1 Å². The topological polar surface area (TPSA) is 66.6 Å². The predicted molar refractivity (Wildman–Crippen MR) is 77.6 cm³/mol. The number of benzene rings is 1. The number of phenolic OH excluding ortho intramolecular Hbond substituents is 1. The van der Waals surface area contributed by atoms with Gasteiger partial charge in [0.05, 0.1) is 5.56 Å². The van der Waals surface area contributed by atoms with Gasteiger partial charge in [-0.15, -0.1) is 0 Å². The summed E-state index contributed by atoms with van der Waals surface area (Å²) in [6, 6.07) is 5.39. The van der Waals surface area contributed by atoms with Crippen LogP contribution in [0.1, 0.15) is 35.2 Å². The van der Waals surface area contributed by atoms with Crippen LogP contribution in [0.5, 0.6) is 5.75 Å². The Morgan fingerprint density at radius 1 is 1.35 bits per heavy atom. The van der Waals surface area contributed by atoms with E-state index in [9.17, 15) is 9.90 Å². The second-order valence-corrected chi connectivity index (χ2v) is 6.25. The fourth-order valence-corrected chi connectivity index (χ4v) is 3.67. The molecule has 108 valence electrons. The number of rotatable bonds is 1. The van der Waals surface area contributed by atoms with E-state index in [4.69, 9.17) is 5.73 Å². The number of hydrogen-bond acceptors (Lipinski definition) is 3. The molecule has 20 heavy (non-hydrogen) atoms. The summed E-state index contributed by atoms with van der Waals surface area (Å²) < 4.78 is 0. The number of aromatic hydroxyl groups is 1. The van der Waals surface area contributed by atoms with Gasteiger partial charge in [-0.05, 0) is 43.7 Å². The van der Waals surface area contributed by atoms with Gasteiger partial charge in [0.15, 0.2) is 0 Å². The van der Waals surface area contributed by atoms with Crippen LogP contribution < -0.4 is 5.73 Å². The fraction of sp³-hybridized carbons (Fsp3) is 0.562. The summed E-state index contributed by atoms with van der Waals surface area (Å²) in [6.45, 7) is 3.44. The van der Waals surface area contributed by atoms with Crippen LogP contribution in [0.2, 0.25) is 0 Å². The fourth-order valence-electron chi connectivity index (χ4n) is 3.67. The standard InChI is InChI=1S/C16H22N2O2/c1-10-5-6-15(19)12(7-10)16(20)18-8-11-3-2-4-14(17)13(11)9-18/h5-7,11,13-14,19H,2-4,8-9,17H2,1H3. The van der Waals surface area contributed by atoms with Crippen molar-refractivity contribution in [3.05, 3.63) is 29.3 Å². The highest BCUT2D eigenvalue weighted by Gasteiger charge is 2.40. The second-order valence-electron chi connectivity index (χ2n) is 6.25. The van der Waals surface area contributed by atoms with Crippen LogP contribution in [0.3, 0.4) is 0 Å². The maximum absolute atomic E-state index is 12.6. The van der Waals surface area contributed by atoms with Gasteiger partial charge in [-0.3, -0.25) is 4.79 Å². The van der Waals surface area contributed by atoms with Crippen molar-refractivity contribution in [1.82, 2.24) is 4.90 Å². The lowest BCUT2D eigenvalue weighted by atomic mass is 9.78. The van der Waals surface area contributed by atoms with Crippen molar-refractivity contribution in [3.8, 4) is 5.75 Å². The first kappa shape index (κ1) is 13.4. The van der Waals surface area contributed by atoms with Gasteiger partial charge in [0.2, 0.25) is 0 Å². The Kier molecular flexibility index (Phi) is 3.42. The Labute approximate surface area is 119 Å². The summed E-state index contributed by atoms with van der Waals surface area (Å²) in [5, 5.41) is 9.90. The minimum Gasteiger partial charge on any atom is -0.507 e. The van der Waals surface area contributed by atoms with Crippen molar-refractivity contribution in [2.24, 2.45) is 17.6 Å². The molecule has 1 aliphatic carbocycles. The third kappa shape index (κ3) is 2.29. The van der Waals surface area contributed by atoms with Gasteiger partial charge in [-0.1, -0.05) is 18.1 Å². The maximum atomic E-state index is 12.6. The van der Waals surface area contributed by atoms with Gasteiger partial charge in [-0.2, -0.15) is 0 Å². The Bertz CT molecular complexity index is 529. The number of carbonyl (C=O) groups excluding carboxylic acids is 1. The van der Waals surface area contributed by atoms with Crippen LogP contribution in [-0.4, -0.2) is 35.0 Å². The molecule has 4 heteroatoms. The minimum absolute atomic E-state index is 0.0622. The van der Waals surface area contributed by atoms with Crippen LogP contribution in [0.4, 0.5) is 0 Å². The summed E-state index contributed by atoms with van der Waals surface area (Å²) in [6.07, 6.45) is 3.40. The first-order chi connectivity index (χ1) is 9.56. The number of nitrogens with two attached hydrogens (primary N) is 1. The molecule has 0 bridgehead atoms. The largest absolute Gasteiger partial charge is 0.507 e. The van der Waals surface area contributed by atoms with E-state index in [1.807, 2.05) is 17.9 Å². The summed E-state index contributed by atoms with van der Waals surface area (Å²) in [4.78, 5) is 14.5. The number of carbonyl (C=O) groups is 1. The molecule has 1 aliphatic heterocycles. The summed E-state index contributed by atoms with van der Waals surface area (Å²) in [5.74, 6) is 0.974. The Balaban J connectivity index is 1.80. The number of likely N-dealkylation sites (tertiary alicyclic amines) is 1. The average molecular weight is 274 g/mol. The lowest BCUT2D eigenvalue weighted by Crippen LogP contribution is -2.38. The zero-order valence-electron chi connectivity index (χ0n) is 11.9. The van der Waals surface area contributed by atoms with Crippen molar-refractivity contribution in [1.29, 1.82) is 0 Å². The minimum atomic E-state index is -0.0622. The average Bonchev–Trinajstić information content (AvgIpc) is 2.86. The smallest absolute Gasteiger partial charge is 0.257 e. The third-order valence-corrected chi connectivity index (χ3v) is 4.82. The van der Waals surface area contributed by atoms with E-state index in [0.29, 0.717) is 17.4 Å². The zero-order chi connectivity index (χ0) is 14.3. The molecular weight excluding hydrogens is 252 g/mol. The number of nitrogens with zero attached hydrogens (tertiary/aromatic N) is 1. The van der Waals surface area contributed by atoms with E-state index in [1.165, 1.54) is 12.8 Å². The van der Waals surface area contributed by atoms with Crippen molar-refractivity contribution < 1.29 is 9.90 Å². The van der Waals surface area contributed by atoms with Gasteiger partial charge < -0.3 is 15.7 Å². The molecule has 3 unspecified atom stereocenters. The monoisotopic (exact) mass is 274 g/mol.